The number of aryl methyl sites for hydroxylation is 1. The van der Waals surface area contributed by atoms with Crippen LogP contribution in [0.15, 0.2) is 36.7 Å². The van der Waals surface area contributed by atoms with Crippen LogP contribution < -0.4 is 5.32 Å². The lowest BCUT2D eigenvalue weighted by molar-refractivity contribution is 0.672. The second-order valence-electron chi connectivity index (χ2n) is 4.20. The van der Waals surface area contributed by atoms with Gasteiger partial charge in [0, 0.05) is 6.20 Å². The van der Waals surface area contributed by atoms with Crippen molar-refractivity contribution in [2.24, 2.45) is 0 Å². The summed E-state index contributed by atoms with van der Waals surface area (Å²) in [5.74, 6) is 0. The summed E-state index contributed by atoms with van der Waals surface area (Å²) in [6.07, 6.45) is 6.13. The molecule has 2 aromatic rings. The number of nitrogens with one attached hydrogen (secondary N) is 1. The molecule has 1 N–H and O–H groups in total. The van der Waals surface area contributed by atoms with Crippen LogP contribution in [0.2, 0.25) is 5.02 Å². The average Bonchev–Trinajstić information content (AvgIpc) is 2.84. The van der Waals surface area contributed by atoms with Crippen LogP contribution in [0.5, 0.6) is 0 Å². The highest BCUT2D eigenvalue weighted by molar-refractivity contribution is 6.32. The fourth-order valence-electron chi connectivity index (χ4n) is 1.85. The second kappa shape index (κ2) is 6.57. The van der Waals surface area contributed by atoms with Crippen LogP contribution in [0, 0.1) is 0 Å². The van der Waals surface area contributed by atoms with Crippen molar-refractivity contribution in [3.05, 3.63) is 47.2 Å². The average molecular weight is 264 g/mol. The van der Waals surface area contributed by atoms with Crippen LogP contribution in [0.4, 0.5) is 0 Å². The minimum absolute atomic E-state index is 0.722. The molecule has 96 valence electrons. The molecule has 1 heterocycles. The zero-order valence-corrected chi connectivity index (χ0v) is 11.3. The molecule has 0 aliphatic rings. The summed E-state index contributed by atoms with van der Waals surface area (Å²) in [6, 6.07) is 7.74. The first kappa shape index (κ1) is 13.1. The molecule has 0 saturated carbocycles. The molecule has 1 aromatic heterocycles. The van der Waals surface area contributed by atoms with Crippen molar-refractivity contribution in [2.45, 2.75) is 19.8 Å². The first-order chi connectivity index (χ1) is 8.81. The van der Waals surface area contributed by atoms with E-state index in [2.05, 4.69) is 17.3 Å². The molecule has 0 unspecified atom stereocenters. The van der Waals surface area contributed by atoms with Crippen LogP contribution in [-0.4, -0.2) is 22.9 Å². The molecule has 0 spiro atoms. The van der Waals surface area contributed by atoms with Gasteiger partial charge in [0.15, 0.2) is 0 Å². The van der Waals surface area contributed by atoms with Crippen LogP contribution >= 0.6 is 11.6 Å². The third-order valence-corrected chi connectivity index (χ3v) is 3.12. The van der Waals surface area contributed by atoms with E-state index >= 15 is 0 Å². The van der Waals surface area contributed by atoms with E-state index in [0.717, 1.165) is 36.6 Å². The van der Waals surface area contributed by atoms with Gasteiger partial charge in [0.2, 0.25) is 0 Å². The molecule has 0 amide bonds. The largest absolute Gasteiger partial charge is 0.317 e. The van der Waals surface area contributed by atoms with E-state index < -0.39 is 0 Å². The first-order valence-corrected chi connectivity index (χ1v) is 6.68. The monoisotopic (exact) mass is 263 g/mol. The number of halogens is 1. The number of para-hydroxylation sites is 1. The SMILES string of the molecule is CCNCCCc1cnn(-c2ccccc2Cl)c1. The maximum atomic E-state index is 6.14. The number of nitrogens with zero attached hydrogens (tertiary/aromatic N) is 2. The number of hydrogen-bond acceptors (Lipinski definition) is 2. The second-order valence-corrected chi connectivity index (χ2v) is 4.61. The third-order valence-electron chi connectivity index (χ3n) is 2.80. The first-order valence-electron chi connectivity index (χ1n) is 6.30. The number of aromatic nitrogens is 2. The van der Waals surface area contributed by atoms with E-state index in [9.17, 15) is 0 Å². The highest BCUT2D eigenvalue weighted by atomic mass is 35.5. The van der Waals surface area contributed by atoms with Gasteiger partial charge in [-0.3, -0.25) is 0 Å². The molecule has 0 fully saturated rings. The highest BCUT2D eigenvalue weighted by Crippen LogP contribution is 2.19. The molecule has 0 atom stereocenters. The summed E-state index contributed by atoms with van der Waals surface area (Å²) in [4.78, 5) is 0. The van der Waals surface area contributed by atoms with Gasteiger partial charge in [0.05, 0.1) is 16.9 Å². The summed E-state index contributed by atoms with van der Waals surface area (Å²) in [5, 5.41) is 8.40. The van der Waals surface area contributed by atoms with Crippen molar-refractivity contribution >= 4 is 11.6 Å². The Morgan fingerprint density at radius 1 is 1.33 bits per heavy atom. The summed E-state index contributed by atoms with van der Waals surface area (Å²) in [6.45, 7) is 4.20. The predicted octanol–water partition coefficient (Wildman–Crippen LogP) is 3.07. The Kier molecular flexibility index (Phi) is 4.79. The highest BCUT2D eigenvalue weighted by Gasteiger charge is 2.04. The lowest BCUT2D eigenvalue weighted by atomic mass is 10.2. The molecule has 2 rings (SSSR count). The molecule has 0 aliphatic heterocycles. The van der Waals surface area contributed by atoms with Crippen LogP contribution in [-0.2, 0) is 6.42 Å². The van der Waals surface area contributed by atoms with E-state index in [1.807, 2.05) is 41.3 Å². The van der Waals surface area contributed by atoms with Gasteiger partial charge in [-0.25, -0.2) is 4.68 Å². The Labute approximate surface area is 113 Å². The zero-order valence-electron chi connectivity index (χ0n) is 10.6. The quantitative estimate of drug-likeness (QED) is 0.812. The molecule has 3 nitrogen and oxygen atoms in total. The number of benzene rings is 1. The third kappa shape index (κ3) is 3.34. The van der Waals surface area contributed by atoms with Gasteiger partial charge in [-0.1, -0.05) is 30.7 Å². The van der Waals surface area contributed by atoms with Gasteiger partial charge in [-0.15, -0.1) is 0 Å². The van der Waals surface area contributed by atoms with Crippen molar-refractivity contribution in [3.63, 3.8) is 0 Å². The molecule has 1 aromatic carbocycles. The van der Waals surface area contributed by atoms with Crippen molar-refractivity contribution in [1.29, 1.82) is 0 Å². The molecule has 0 saturated heterocycles. The molecule has 0 bridgehead atoms. The maximum absolute atomic E-state index is 6.14. The van der Waals surface area contributed by atoms with Gasteiger partial charge in [0.1, 0.15) is 0 Å². The smallest absolute Gasteiger partial charge is 0.0831 e. The van der Waals surface area contributed by atoms with E-state index in [4.69, 9.17) is 11.6 Å². The van der Waals surface area contributed by atoms with Gasteiger partial charge in [0.25, 0.3) is 0 Å². The number of rotatable bonds is 6. The van der Waals surface area contributed by atoms with Gasteiger partial charge < -0.3 is 5.32 Å². The minimum atomic E-state index is 0.722. The summed E-state index contributed by atoms with van der Waals surface area (Å²) < 4.78 is 1.84. The lowest BCUT2D eigenvalue weighted by Crippen LogP contribution is -2.14. The molecule has 4 heteroatoms. The van der Waals surface area contributed by atoms with Gasteiger partial charge in [-0.05, 0) is 43.6 Å². The molecular formula is C14H18ClN3. The van der Waals surface area contributed by atoms with E-state index in [1.54, 1.807) is 0 Å². The Hall–Kier alpha value is -1.32. The predicted molar refractivity (Wildman–Crippen MR) is 75.4 cm³/mol. The van der Waals surface area contributed by atoms with Crippen LogP contribution in [0.3, 0.4) is 0 Å². The van der Waals surface area contributed by atoms with E-state index in [0.29, 0.717) is 0 Å². The van der Waals surface area contributed by atoms with E-state index in [-0.39, 0.29) is 0 Å². The zero-order chi connectivity index (χ0) is 12.8. The summed E-state index contributed by atoms with van der Waals surface area (Å²) in [7, 11) is 0. The lowest BCUT2D eigenvalue weighted by Gasteiger charge is -2.03. The molecule has 0 radical (unpaired) electrons. The maximum Gasteiger partial charge on any atom is 0.0831 e. The Morgan fingerprint density at radius 2 is 2.17 bits per heavy atom. The van der Waals surface area contributed by atoms with Crippen LogP contribution in [0.25, 0.3) is 5.69 Å². The fraction of sp³-hybridized carbons (Fsp3) is 0.357. The van der Waals surface area contributed by atoms with Gasteiger partial charge >= 0.3 is 0 Å². The van der Waals surface area contributed by atoms with Gasteiger partial charge in [-0.2, -0.15) is 5.10 Å². The Bertz CT molecular complexity index is 493. The standard InChI is InChI=1S/C14H18ClN3/c1-2-16-9-5-6-12-10-17-18(11-12)14-8-4-3-7-13(14)15/h3-4,7-8,10-11,16H,2,5-6,9H2,1H3. The Balaban J connectivity index is 2.00. The fourth-order valence-corrected chi connectivity index (χ4v) is 2.08. The summed E-state index contributed by atoms with van der Waals surface area (Å²) in [5.41, 5.74) is 2.17. The Morgan fingerprint density at radius 3 is 2.94 bits per heavy atom. The molecule has 0 aliphatic carbocycles. The van der Waals surface area contributed by atoms with Crippen molar-refractivity contribution in [2.75, 3.05) is 13.1 Å². The molecule has 18 heavy (non-hydrogen) atoms. The number of hydrogen-bond donors (Lipinski definition) is 1. The van der Waals surface area contributed by atoms with Crippen molar-refractivity contribution in [3.8, 4) is 5.69 Å². The topological polar surface area (TPSA) is 29.9 Å². The minimum Gasteiger partial charge on any atom is -0.317 e. The van der Waals surface area contributed by atoms with Crippen molar-refractivity contribution < 1.29 is 0 Å². The summed E-state index contributed by atoms with van der Waals surface area (Å²) >= 11 is 6.14. The van der Waals surface area contributed by atoms with Crippen molar-refractivity contribution in [1.82, 2.24) is 15.1 Å². The van der Waals surface area contributed by atoms with E-state index in [1.165, 1.54) is 5.56 Å². The van der Waals surface area contributed by atoms with Crippen LogP contribution in [0.1, 0.15) is 18.9 Å². The normalized spacial score (nSPS) is 10.8. The molecular weight excluding hydrogens is 246 g/mol.